The Bertz CT molecular complexity index is 824. The average Bonchev–Trinajstić information content (AvgIpc) is 2.96. The van der Waals surface area contributed by atoms with Crippen molar-refractivity contribution in [3.8, 4) is 5.75 Å². The molecule has 3 aromatic rings. The Balaban J connectivity index is 1.84. The maximum atomic E-state index is 5.92. The zero-order valence-electron chi connectivity index (χ0n) is 14.7. The van der Waals surface area contributed by atoms with E-state index in [2.05, 4.69) is 62.8 Å². The largest absolute Gasteiger partial charge is 0.489 e. The lowest BCUT2D eigenvalue weighted by atomic mass is 9.76. The van der Waals surface area contributed by atoms with Crippen molar-refractivity contribution in [1.82, 2.24) is 4.98 Å². The number of ether oxygens (including phenoxy) is 1. The van der Waals surface area contributed by atoms with Crippen LogP contribution in [0.25, 0.3) is 10.9 Å². The van der Waals surface area contributed by atoms with Crippen molar-refractivity contribution in [3.05, 3.63) is 78.5 Å². The van der Waals surface area contributed by atoms with Crippen LogP contribution in [-0.2, 0) is 6.61 Å². The van der Waals surface area contributed by atoms with E-state index in [0.717, 1.165) is 11.3 Å². The van der Waals surface area contributed by atoms with Gasteiger partial charge in [0.15, 0.2) is 0 Å². The summed E-state index contributed by atoms with van der Waals surface area (Å²) in [4.78, 5) is 3.39. The Kier molecular flexibility index (Phi) is 4.48. The maximum Gasteiger partial charge on any atom is 0.121 e. The lowest BCUT2D eigenvalue weighted by Crippen LogP contribution is -2.15. The van der Waals surface area contributed by atoms with E-state index >= 15 is 0 Å². The first-order chi connectivity index (χ1) is 11.5. The predicted molar refractivity (Wildman–Crippen MR) is 101 cm³/mol. The topological polar surface area (TPSA) is 25.0 Å². The van der Waals surface area contributed by atoms with Gasteiger partial charge in [-0.25, -0.2) is 0 Å². The first-order valence-corrected chi connectivity index (χ1v) is 8.39. The number of rotatable bonds is 5. The summed E-state index contributed by atoms with van der Waals surface area (Å²) in [6, 6.07) is 16.5. The van der Waals surface area contributed by atoms with E-state index < -0.39 is 0 Å². The number of aromatic nitrogens is 1. The molecule has 2 aromatic carbocycles. The summed E-state index contributed by atoms with van der Waals surface area (Å²) >= 11 is 0. The lowest BCUT2D eigenvalue weighted by molar-refractivity contribution is 0.306. The Hall–Kier alpha value is -2.48. The van der Waals surface area contributed by atoms with Crippen LogP contribution in [0.5, 0.6) is 5.75 Å². The summed E-state index contributed by atoms with van der Waals surface area (Å²) in [7, 11) is 0. The minimum absolute atomic E-state index is 0.138. The van der Waals surface area contributed by atoms with Crippen molar-refractivity contribution in [3.63, 3.8) is 0 Å². The molecule has 0 aliphatic rings. The highest BCUT2D eigenvalue weighted by Gasteiger charge is 2.25. The van der Waals surface area contributed by atoms with Gasteiger partial charge in [0.25, 0.3) is 0 Å². The molecule has 1 heterocycles. The fourth-order valence-electron chi connectivity index (χ4n) is 3.16. The minimum Gasteiger partial charge on any atom is -0.489 e. The number of aromatic amines is 1. The van der Waals surface area contributed by atoms with E-state index in [-0.39, 0.29) is 5.41 Å². The quantitative estimate of drug-likeness (QED) is 0.568. The average molecular weight is 319 g/mol. The third-order valence-electron chi connectivity index (χ3n) is 4.44. The molecule has 1 atom stereocenters. The highest BCUT2D eigenvalue weighted by molar-refractivity contribution is 5.85. The summed E-state index contributed by atoms with van der Waals surface area (Å²) in [6.45, 7) is 11.3. The molecule has 0 saturated carbocycles. The smallest absolute Gasteiger partial charge is 0.121 e. The van der Waals surface area contributed by atoms with E-state index in [9.17, 15) is 0 Å². The van der Waals surface area contributed by atoms with Gasteiger partial charge in [0, 0.05) is 29.1 Å². The standard InChI is InChI=1S/C22H25NO/c1-5-20(22(2,3)4)19-14-23-21-13-17(11-12-18(19)21)24-15-16-9-7-6-8-10-16/h5-14,20,23H,1,15H2,2-4H3. The molecule has 2 heteroatoms. The van der Waals surface area contributed by atoms with Crippen LogP contribution in [0.1, 0.15) is 37.8 Å². The van der Waals surface area contributed by atoms with Crippen molar-refractivity contribution < 1.29 is 4.74 Å². The van der Waals surface area contributed by atoms with Crippen LogP contribution in [0.2, 0.25) is 0 Å². The molecule has 1 aromatic heterocycles. The molecule has 0 saturated heterocycles. The van der Waals surface area contributed by atoms with Gasteiger partial charge in [0.05, 0.1) is 0 Å². The molecule has 0 radical (unpaired) electrons. The van der Waals surface area contributed by atoms with Gasteiger partial charge in [-0.05, 0) is 28.7 Å². The zero-order valence-corrected chi connectivity index (χ0v) is 14.7. The lowest BCUT2D eigenvalue weighted by Gasteiger charge is -2.27. The molecule has 2 nitrogen and oxygen atoms in total. The fraction of sp³-hybridized carbons (Fsp3) is 0.273. The molecular weight excluding hydrogens is 294 g/mol. The van der Waals surface area contributed by atoms with Gasteiger partial charge in [-0.1, -0.05) is 57.2 Å². The molecule has 0 spiro atoms. The number of benzene rings is 2. The molecule has 1 N–H and O–H groups in total. The van der Waals surface area contributed by atoms with Crippen molar-refractivity contribution in [2.75, 3.05) is 0 Å². The van der Waals surface area contributed by atoms with Gasteiger partial charge in [-0.2, -0.15) is 0 Å². The first kappa shape index (κ1) is 16.4. The van der Waals surface area contributed by atoms with E-state index in [1.165, 1.54) is 16.5 Å². The molecule has 3 rings (SSSR count). The van der Waals surface area contributed by atoms with Gasteiger partial charge < -0.3 is 9.72 Å². The van der Waals surface area contributed by atoms with Crippen molar-refractivity contribution in [2.24, 2.45) is 5.41 Å². The van der Waals surface area contributed by atoms with Crippen molar-refractivity contribution in [1.29, 1.82) is 0 Å². The SMILES string of the molecule is C=CC(c1c[nH]c2cc(OCc3ccccc3)ccc12)C(C)(C)C. The zero-order chi connectivity index (χ0) is 17.2. The summed E-state index contributed by atoms with van der Waals surface area (Å²) in [6.07, 6.45) is 4.14. The molecular formula is C22H25NO. The van der Waals surface area contributed by atoms with Crippen LogP contribution in [0.4, 0.5) is 0 Å². The Morgan fingerprint density at radius 1 is 1.12 bits per heavy atom. The minimum atomic E-state index is 0.138. The number of fused-ring (bicyclic) bond motifs is 1. The van der Waals surface area contributed by atoms with Crippen LogP contribution in [-0.4, -0.2) is 4.98 Å². The van der Waals surface area contributed by atoms with Gasteiger partial charge >= 0.3 is 0 Å². The third-order valence-corrected chi connectivity index (χ3v) is 4.44. The molecule has 1 unspecified atom stereocenters. The van der Waals surface area contributed by atoms with Crippen molar-refractivity contribution >= 4 is 10.9 Å². The number of H-pyrrole nitrogens is 1. The van der Waals surface area contributed by atoms with Crippen LogP contribution in [0.15, 0.2) is 67.4 Å². The normalized spacial score (nSPS) is 13.0. The van der Waals surface area contributed by atoms with E-state index in [4.69, 9.17) is 4.74 Å². The van der Waals surface area contributed by atoms with Crippen molar-refractivity contribution in [2.45, 2.75) is 33.3 Å². The second-order valence-electron chi connectivity index (χ2n) is 7.31. The third kappa shape index (κ3) is 3.38. The van der Waals surface area contributed by atoms with Gasteiger partial charge in [-0.3, -0.25) is 0 Å². The molecule has 0 amide bonds. The Morgan fingerprint density at radius 2 is 1.88 bits per heavy atom. The number of hydrogen-bond donors (Lipinski definition) is 1. The van der Waals surface area contributed by atoms with E-state index in [1.54, 1.807) is 0 Å². The molecule has 124 valence electrons. The highest BCUT2D eigenvalue weighted by Crippen LogP contribution is 2.39. The summed E-state index contributed by atoms with van der Waals surface area (Å²) < 4.78 is 5.92. The molecule has 0 aliphatic heterocycles. The van der Waals surface area contributed by atoms with Gasteiger partial charge in [-0.15, -0.1) is 6.58 Å². The van der Waals surface area contributed by atoms with Crippen LogP contribution < -0.4 is 4.74 Å². The number of nitrogens with one attached hydrogen (secondary N) is 1. The second-order valence-corrected chi connectivity index (χ2v) is 7.31. The fourth-order valence-corrected chi connectivity index (χ4v) is 3.16. The van der Waals surface area contributed by atoms with E-state index in [0.29, 0.717) is 12.5 Å². The molecule has 0 bridgehead atoms. The van der Waals surface area contributed by atoms with Gasteiger partial charge in [0.2, 0.25) is 0 Å². The van der Waals surface area contributed by atoms with Gasteiger partial charge in [0.1, 0.15) is 12.4 Å². The molecule has 0 fully saturated rings. The Morgan fingerprint density at radius 3 is 2.54 bits per heavy atom. The summed E-state index contributed by atoms with van der Waals surface area (Å²) in [5, 5.41) is 1.24. The molecule has 0 aliphatic carbocycles. The summed E-state index contributed by atoms with van der Waals surface area (Å²) in [5.41, 5.74) is 3.71. The molecule has 24 heavy (non-hydrogen) atoms. The maximum absolute atomic E-state index is 5.92. The summed E-state index contributed by atoms with van der Waals surface area (Å²) in [5.74, 6) is 1.19. The van der Waals surface area contributed by atoms with Crippen LogP contribution >= 0.6 is 0 Å². The second kappa shape index (κ2) is 6.56. The van der Waals surface area contributed by atoms with E-state index in [1.807, 2.05) is 30.3 Å². The number of hydrogen-bond acceptors (Lipinski definition) is 1. The van der Waals surface area contributed by atoms with Crippen LogP contribution in [0.3, 0.4) is 0 Å². The Labute approximate surface area is 144 Å². The monoisotopic (exact) mass is 319 g/mol. The van der Waals surface area contributed by atoms with Crippen LogP contribution in [0, 0.1) is 5.41 Å². The number of allylic oxidation sites excluding steroid dienone is 1. The first-order valence-electron chi connectivity index (χ1n) is 8.39. The highest BCUT2D eigenvalue weighted by atomic mass is 16.5. The predicted octanol–water partition coefficient (Wildman–Crippen LogP) is 6.06.